The fourth-order valence-electron chi connectivity index (χ4n) is 1.57. The molecule has 2 heterocycles. The van der Waals surface area contributed by atoms with Crippen LogP contribution >= 0.6 is 0 Å². The minimum atomic E-state index is -0.0887. The molecule has 0 aromatic carbocycles. The third-order valence-electron chi connectivity index (χ3n) is 2.32. The summed E-state index contributed by atoms with van der Waals surface area (Å²) in [5, 5.41) is 11.9. The number of nitrogens with zero attached hydrogens (tertiary/aromatic N) is 5. The van der Waals surface area contributed by atoms with Gasteiger partial charge < -0.3 is 5.73 Å². The molecule has 6 nitrogen and oxygen atoms in total. The van der Waals surface area contributed by atoms with E-state index in [4.69, 9.17) is 5.73 Å². The lowest BCUT2D eigenvalue weighted by Gasteiger charge is -2.09. The summed E-state index contributed by atoms with van der Waals surface area (Å²) in [7, 11) is 3.72. The van der Waals surface area contributed by atoms with Crippen LogP contribution in [0, 0.1) is 0 Å². The van der Waals surface area contributed by atoms with Gasteiger partial charge in [-0.1, -0.05) is 5.21 Å². The zero-order valence-corrected chi connectivity index (χ0v) is 8.83. The maximum Gasteiger partial charge on any atom is 0.0846 e. The molecule has 0 aliphatic rings. The zero-order valence-electron chi connectivity index (χ0n) is 8.83. The van der Waals surface area contributed by atoms with Crippen LogP contribution < -0.4 is 5.73 Å². The first kappa shape index (κ1) is 9.85. The van der Waals surface area contributed by atoms with Crippen molar-refractivity contribution in [3.8, 4) is 0 Å². The summed E-state index contributed by atoms with van der Waals surface area (Å²) in [5.74, 6) is 0. The van der Waals surface area contributed by atoms with Crippen molar-refractivity contribution < 1.29 is 0 Å². The van der Waals surface area contributed by atoms with E-state index in [2.05, 4.69) is 15.4 Å². The Labute approximate surface area is 87.7 Å². The fourth-order valence-corrected chi connectivity index (χ4v) is 1.57. The molecular weight excluding hydrogens is 192 g/mol. The Bertz CT molecular complexity index is 443. The second kappa shape index (κ2) is 3.82. The molecule has 0 aliphatic heterocycles. The second-order valence-corrected chi connectivity index (χ2v) is 3.57. The monoisotopic (exact) mass is 206 g/mol. The van der Waals surface area contributed by atoms with Gasteiger partial charge in [-0.3, -0.25) is 9.36 Å². The minimum Gasteiger partial charge on any atom is -0.322 e. The van der Waals surface area contributed by atoms with Gasteiger partial charge in [0.2, 0.25) is 0 Å². The standard InChI is InChI=1S/C9H14N6/c1-14-6-7(12-13-14)5-8(10)9-3-4-11-15(9)2/h3-4,6,8H,5,10H2,1-2H3. The van der Waals surface area contributed by atoms with Gasteiger partial charge in [0.05, 0.1) is 17.4 Å². The Kier molecular flexibility index (Phi) is 2.51. The van der Waals surface area contributed by atoms with Gasteiger partial charge in [0.1, 0.15) is 0 Å². The van der Waals surface area contributed by atoms with Crippen LogP contribution in [0.1, 0.15) is 17.4 Å². The molecule has 15 heavy (non-hydrogen) atoms. The largest absolute Gasteiger partial charge is 0.322 e. The number of aryl methyl sites for hydroxylation is 2. The van der Waals surface area contributed by atoms with E-state index < -0.39 is 0 Å². The lowest BCUT2D eigenvalue weighted by atomic mass is 10.1. The third kappa shape index (κ3) is 2.04. The number of nitrogens with two attached hydrogens (primary N) is 1. The topological polar surface area (TPSA) is 74.6 Å². The molecule has 2 aromatic heterocycles. The molecule has 6 heteroatoms. The maximum atomic E-state index is 6.04. The highest BCUT2D eigenvalue weighted by atomic mass is 15.4. The van der Waals surface area contributed by atoms with E-state index in [9.17, 15) is 0 Å². The van der Waals surface area contributed by atoms with Crippen molar-refractivity contribution in [2.45, 2.75) is 12.5 Å². The third-order valence-corrected chi connectivity index (χ3v) is 2.32. The Morgan fingerprint density at radius 2 is 2.27 bits per heavy atom. The first-order chi connectivity index (χ1) is 7.16. The van der Waals surface area contributed by atoms with Crippen LogP contribution in [0.2, 0.25) is 0 Å². The summed E-state index contributed by atoms with van der Waals surface area (Å²) in [6, 6.07) is 1.83. The van der Waals surface area contributed by atoms with Crippen LogP contribution in [0.4, 0.5) is 0 Å². The van der Waals surface area contributed by atoms with E-state index in [0.29, 0.717) is 6.42 Å². The van der Waals surface area contributed by atoms with Gasteiger partial charge in [-0.05, 0) is 6.07 Å². The molecular formula is C9H14N6. The Hall–Kier alpha value is -1.69. The normalized spacial score (nSPS) is 13.0. The maximum absolute atomic E-state index is 6.04. The summed E-state index contributed by atoms with van der Waals surface area (Å²) in [6.07, 6.45) is 4.29. The summed E-state index contributed by atoms with van der Waals surface area (Å²) >= 11 is 0. The smallest absolute Gasteiger partial charge is 0.0846 e. The molecule has 2 N–H and O–H groups in total. The fraction of sp³-hybridized carbons (Fsp3) is 0.444. The highest BCUT2D eigenvalue weighted by Gasteiger charge is 2.12. The summed E-state index contributed by atoms with van der Waals surface area (Å²) in [6.45, 7) is 0. The van der Waals surface area contributed by atoms with Gasteiger partial charge in [-0.15, -0.1) is 5.10 Å². The number of rotatable bonds is 3. The Morgan fingerprint density at radius 1 is 1.47 bits per heavy atom. The van der Waals surface area contributed by atoms with Gasteiger partial charge in [-0.25, -0.2) is 0 Å². The highest BCUT2D eigenvalue weighted by Crippen LogP contribution is 2.12. The first-order valence-corrected chi connectivity index (χ1v) is 4.75. The summed E-state index contributed by atoms with van der Waals surface area (Å²) < 4.78 is 3.45. The number of hydrogen-bond donors (Lipinski definition) is 1. The SMILES string of the molecule is Cn1cc(CC(N)c2ccnn2C)nn1. The van der Waals surface area contributed by atoms with Gasteiger partial charge in [0.25, 0.3) is 0 Å². The van der Waals surface area contributed by atoms with Crippen LogP contribution in [0.5, 0.6) is 0 Å². The molecule has 0 spiro atoms. The predicted octanol–water partition coefficient (Wildman–Crippen LogP) is -0.209. The molecule has 0 saturated carbocycles. The number of aromatic nitrogens is 5. The molecule has 0 aliphatic carbocycles. The van der Waals surface area contributed by atoms with Crippen molar-refractivity contribution in [2.75, 3.05) is 0 Å². The molecule has 0 amide bonds. The van der Waals surface area contributed by atoms with E-state index in [1.54, 1.807) is 15.6 Å². The van der Waals surface area contributed by atoms with Crippen molar-refractivity contribution in [1.29, 1.82) is 0 Å². The van der Waals surface area contributed by atoms with Gasteiger partial charge in [0.15, 0.2) is 0 Å². The van der Waals surface area contributed by atoms with Crippen molar-refractivity contribution >= 4 is 0 Å². The predicted molar refractivity (Wildman–Crippen MR) is 54.8 cm³/mol. The highest BCUT2D eigenvalue weighted by molar-refractivity contribution is 5.09. The lowest BCUT2D eigenvalue weighted by molar-refractivity contribution is 0.610. The summed E-state index contributed by atoms with van der Waals surface area (Å²) in [5.41, 5.74) is 7.94. The van der Waals surface area contributed by atoms with Gasteiger partial charge in [-0.2, -0.15) is 5.10 Å². The van der Waals surface area contributed by atoms with E-state index in [1.807, 2.05) is 26.4 Å². The van der Waals surface area contributed by atoms with Crippen LogP contribution in [0.25, 0.3) is 0 Å². The van der Waals surface area contributed by atoms with Crippen LogP contribution in [0.3, 0.4) is 0 Å². The molecule has 0 fully saturated rings. The van der Waals surface area contributed by atoms with Gasteiger partial charge >= 0.3 is 0 Å². The minimum absolute atomic E-state index is 0.0887. The van der Waals surface area contributed by atoms with Crippen molar-refractivity contribution in [2.24, 2.45) is 19.8 Å². The lowest BCUT2D eigenvalue weighted by Crippen LogP contribution is -2.17. The van der Waals surface area contributed by atoms with Crippen LogP contribution in [-0.4, -0.2) is 24.8 Å². The van der Waals surface area contributed by atoms with E-state index in [-0.39, 0.29) is 6.04 Å². The average Bonchev–Trinajstić information content (AvgIpc) is 2.75. The van der Waals surface area contributed by atoms with E-state index >= 15 is 0 Å². The molecule has 0 bridgehead atoms. The summed E-state index contributed by atoms with van der Waals surface area (Å²) in [4.78, 5) is 0. The number of hydrogen-bond acceptors (Lipinski definition) is 4. The quantitative estimate of drug-likeness (QED) is 0.754. The molecule has 80 valence electrons. The molecule has 2 rings (SSSR count). The molecule has 0 saturated heterocycles. The molecule has 1 unspecified atom stereocenters. The van der Waals surface area contributed by atoms with Crippen molar-refractivity contribution in [1.82, 2.24) is 24.8 Å². The second-order valence-electron chi connectivity index (χ2n) is 3.57. The van der Waals surface area contributed by atoms with Crippen molar-refractivity contribution in [3.05, 3.63) is 29.8 Å². The van der Waals surface area contributed by atoms with Gasteiger partial charge in [0, 0.05) is 32.9 Å². The molecule has 2 aromatic rings. The first-order valence-electron chi connectivity index (χ1n) is 4.75. The zero-order chi connectivity index (χ0) is 10.8. The Morgan fingerprint density at radius 3 is 2.80 bits per heavy atom. The van der Waals surface area contributed by atoms with E-state index in [1.165, 1.54) is 0 Å². The Balaban J connectivity index is 2.10. The van der Waals surface area contributed by atoms with Crippen LogP contribution in [-0.2, 0) is 20.5 Å². The average molecular weight is 206 g/mol. The molecule has 0 radical (unpaired) electrons. The van der Waals surface area contributed by atoms with E-state index in [0.717, 1.165) is 11.4 Å². The van der Waals surface area contributed by atoms with Crippen molar-refractivity contribution in [3.63, 3.8) is 0 Å². The van der Waals surface area contributed by atoms with Crippen LogP contribution in [0.15, 0.2) is 18.5 Å². The molecule has 1 atom stereocenters.